The zero-order valence-electron chi connectivity index (χ0n) is 13.7. The standard InChI is InChI=1S/C18H26N2O3/c1-2-6-16(10-9-14-7-4-3-5-8-14)19-18(23)20-12-11-15(13-20)17(21)22/h3-5,7-8,15-16H,2,6,9-13H2,1H3,(H,19,23)(H,21,22). The number of rotatable bonds is 7. The van der Waals surface area contributed by atoms with Gasteiger partial charge in [-0.25, -0.2) is 4.79 Å². The third kappa shape index (κ3) is 5.27. The number of aliphatic carboxylic acids is 1. The van der Waals surface area contributed by atoms with Gasteiger partial charge in [0.1, 0.15) is 0 Å². The molecule has 0 aliphatic carbocycles. The molecule has 2 rings (SSSR count). The summed E-state index contributed by atoms with van der Waals surface area (Å²) >= 11 is 0. The topological polar surface area (TPSA) is 69.6 Å². The Morgan fingerprint density at radius 2 is 2.04 bits per heavy atom. The highest BCUT2D eigenvalue weighted by Crippen LogP contribution is 2.17. The van der Waals surface area contributed by atoms with E-state index in [4.69, 9.17) is 5.11 Å². The molecule has 1 saturated heterocycles. The van der Waals surface area contributed by atoms with Crippen molar-refractivity contribution in [3.63, 3.8) is 0 Å². The van der Waals surface area contributed by atoms with Crippen molar-refractivity contribution in [3.8, 4) is 0 Å². The van der Waals surface area contributed by atoms with Crippen molar-refractivity contribution < 1.29 is 14.7 Å². The molecule has 2 N–H and O–H groups in total. The zero-order chi connectivity index (χ0) is 16.7. The number of carboxylic acid groups (broad SMARTS) is 1. The minimum atomic E-state index is -0.811. The van der Waals surface area contributed by atoms with Crippen LogP contribution in [0.25, 0.3) is 0 Å². The first-order valence-electron chi connectivity index (χ1n) is 8.42. The number of amides is 2. The Hall–Kier alpha value is -2.04. The second-order valence-electron chi connectivity index (χ2n) is 6.23. The first-order valence-corrected chi connectivity index (χ1v) is 8.42. The van der Waals surface area contributed by atoms with E-state index in [0.29, 0.717) is 19.5 Å². The number of hydrogen-bond donors (Lipinski definition) is 2. The highest BCUT2D eigenvalue weighted by Gasteiger charge is 2.31. The Kier molecular flexibility index (Phi) is 6.44. The summed E-state index contributed by atoms with van der Waals surface area (Å²) in [5.41, 5.74) is 1.27. The molecule has 5 heteroatoms. The molecule has 1 aromatic rings. The van der Waals surface area contributed by atoms with E-state index in [-0.39, 0.29) is 12.1 Å². The van der Waals surface area contributed by atoms with Crippen LogP contribution in [0.3, 0.4) is 0 Å². The van der Waals surface area contributed by atoms with Crippen LogP contribution in [0, 0.1) is 5.92 Å². The van der Waals surface area contributed by atoms with Gasteiger partial charge in [0.25, 0.3) is 0 Å². The molecule has 126 valence electrons. The van der Waals surface area contributed by atoms with E-state index in [1.165, 1.54) is 5.56 Å². The number of carboxylic acids is 1. The molecule has 1 aliphatic heterocycles. The maximum absolute atomic E-state index is 12.3. The first-order chi connectivity index (χ1) is 11.1. The number of nitrogens with zero attached hydrogens (tertiary/aromatic N) is 1. The Morgan fingerprint density at radius 1 is 1.30 bits per heavy atom. The summed E-state index contributed by atoms with van der Waals surface area (Å²) in [5.74, 6) is -1.23. The molecule has 2 unspecified atom stereocenters. The lowest BCUT2D eigenvalue weighted by atomic mass is 10.0. The van der Waals surface area contributed by atoms with E-state index in [1.54, 1.807) is 4.90 Å². The summed E-state index contributed by atoms with van der Waals surface area (Å²) in [7, 11) is 0. The third-order valence-electron chi connectivity index (χ3n) is 4.41. The quantitative estimate of drug-likeness (QED) is 0.812. The van der Waals surface area contributed by atoms with Gasteiger partial charge in [-0.15, -0.1) is 0 Å². The van der Waals surface area contributed by atoms with Crippen LogP contribution < -0.4 is 5.32 Å². The van der Waals surface area contributed by atoms with Crippen LogP contribution in [-0.4, -0.2) is 41.1 Å². The highest BCUT2D eigenvalue weighted by atomic mass is 16.4. The summed E-state index contributed by atoms with van der Waals surface area (Å²) in [6.45, 7) is 2.96. The molecule has 2 amide bonds. The second-order valence-corrected chi connectivity index (χ2v) is 6.23. The van der Waals surface area contributed by atoms with Crippen molar-refractivity contribution >= 4 is 12.0 Å². The average molecular weight is 318 g/mol. The van der Waals surface area contributed by atoms with Crippen LogP contribution in [0.4, 0.5) is 4.79 Å². The van der Waals surface area contributed by atoms with Gasteiger partial charge in [0, 0.05) is 19.1 Å². The Balaban J connectivity index is 1.83. The van der Waals surface area contributed by atoms with Crippen LogP contribution in [0.2, 0.25) is 0 Å². The third-order valence-corrected chi connectivity index (χ3v) is 4.41. The van der Waals surface area contributed by atoms with Crippen LogP contribution >= 0.6 is 0 Å². The SMILES string of the molecule is CCCC(CCc1ccccc1)NC(=O)N1CCC(C(=O)O)C1. The van der Waals surface area contributed by atoms with Crippen molar-refractivity contribution in [2.75, 3.05) is 13.1 Å². The van der Waals surface area contributed by atoms with Gasteiger partial charge in [0.15, 0.2) is 0 Å². The Labute approximate surface area is 137 Å². The monoisotopic (exact) mass is 318 g/mol. The van der Waals surface area contributed by atoms with Gasteiger partial charge in [-0.2, -0.15) is 0 Å². The lowest BCUT2D eigenvalue weighted by molar-refractivity contribution is -0.141. The Morgan fingerprint density at radius 3 is 2.65 bits per heavy atom. The fraction of sp³-hybridized carbons (Fsp3) is 0.556. The molecular formula is C18H26N2O3. The minimum absolute atomic E-state index is 0.125. The number of hydrogen-bond acceptors (Lipinski definition) is 2. The first kappa shape index (κ1) is 17.3. The maximum atomic E-state index is 12.3. The van der Waals surface area contributed by atoms with Crippen molar-refractivity contribution in [1.29, 1.82) is 0 Å². The number of carbonyl (C=O) groups excluding carboxylic acids is 1. The summed E-state index contributed by atoms with van der Waals surface area (Å²) in [6.07, 6.45) is 4.33. The van der Waals surface area contributed by atoms with Gasteiger partial charge in [-0.3, -0.25) is 4.79 Å². The molecule has 1 aliphatic rings. The molecule has 5 nitrogen and oxygen atoms in total. The number of aryl methyl sites for hydroxylation is 1. The van der Waals surface area contributed by atoms with E-state index in [9.17, 15) is 9.59 Å². The molecule has 2 atom stereocenters. The predicted molar refractivity (Wildman–Crippen MR) is 89.3 cm³/mol. The lowest BCUT2D eigenvalue weighted by Crippen LogP contribution is -2.44. The lowest BCUT2D eigenvalue weighted by Gasteiger charge is -2.23. The molecule has 0 saturated carbocycles. The molecular weight excluding hydrogens is 292 g/mol. The summed E-state index contributed by atoms with van der Waals surface area (Å²) in [4.78, 5) is 25.0. The van der Waals surface area contributed by atoms with Crippen LogP contribution in [0.15, 0.2) is 30.3 Å². The molecule has 0 spiro atoms. The number of nitrogens with one attached hydrogen (secondary N) is 1. The van der Waals surface area contributed by atoms with Crippen LogP contribution in [0.1, 0.15) is 38.2 Å². The van der Waals surface area contributed by atoms with Gasteiger partial charge >= 0.3 is 12.0 Å². The maximum Gasteiger partial charge on any atom is 0.317 e. The molecule has 23 heavy (non-hydrogen) atoms. The molecule has 1 aromatic carbocycles. The molecule has 1 fully saturated rings. The van der Waals surface area contributed by atoms with E-state index in [2.05, 4.69) is 24.4 Å². The van der Waals surface area contributed by atoms with Gasteiger partial charge < -0.3 is 15.3 Å². The molecule has 0 bridgehead atoms. The van der Waals surface area contributed by atoms with Crippen molar-refractivity contribution in [2.45, 2.75) is 45.1 Å². The van der Waals surface area contributed by atoms with E-state index in [1.807, 2.05) is 18.2 Å². The second kappa shape index (κ2) is 8.56. The fourth-order valence-electron chi connectivity index (χ4n) is 3.03. The largest absolute Gasteiger partial charge is 0.481 e. The molecule has 1 heterocycles. The molecule has 0 radical (unpaired) electrons. The van der Waals surface area contributed by atoms with Crippen LogP contribution in [0.5, 0.6) is 0 Å². The van der Waals surface area contributed by atoms with Crippen LogP contribution in [-0.2, 0) is 11.2 Å². The fourth-order valence-corrected chi connectivity index (χ4v) is 3.03. The van der Waals surface area contributed by atoms with E-state index >= 15 is 0 Å². The minimum Gasteiger partial charge on any atom is -0.481 e. The molecule has 0 aromatic heterocycles. The van der Waals surface area contributed by atoms with Gasteiger partial charge in [0.2, 0.25) is 0 Å². The summed E-state index contributed by atoms with van der Waals surface area (Å²) < 4.78 is 0. The number of benzene rings is 1. The van der Waals surface area contributed by atoms with Crippen molar-refractivity contribution in [2.24, 2.45) is 5.92 Å². The summed E-state index contributed by atoms with van der Waals surface area (Å²) in [5, 5.41) is 12.1. The van der Waals surface area contributed by atoms with Gasteiger partial charge in [0.05, 0.1) is 5.92 Å². The van der Waals surface area contributed by atoms with Crippen molar-refractivity contribution in [1.82, 2.24) is 10.2 Å². The average Bonchev–Trinajstić information content (AvgIpc) is 3.04. The van der Waals surface area contributed by atoms with Gasteiger partial charge in [-0.1, -0.05) is 43.7 Å². The van der Waals surface area contributed by atoms with Gasteiger partial charge in [-0.05, 0) is 31.2 Å². The smallest absolute Gasteiger partial charge is 0.317 e. The Bertz CT molecular complexity index is 518. The predicted octanol–water partition coefficient (Wildman–Crippen LogP) is 2.90. The van der Waals surface area contributed by atoms with Crippen molar-refractivity contribution in [3.05, 3.63) is 35.9 Å². The number of urea groups is 1. The normalized spacial score (nSPS) is 18.7. The van der Waals surface area contributed by atoms with E-state index < -0.39 is 11.9 Å². The number of carbonyl (C=O) groups is 2. The highest BCUT2D eigenvalue weighted by molar-refractivity contribution is 5.77. The number of likely N-dealkylation sites (tertiary alicyclic amines) is 1. The van der Waals surface area contributed by atoms with E-state index in [0.717, 1.165) is 25.7 Å². The zero-order valence-corrected chi connectivity index (χ0v) is 13.7. The summed E-state index contributed by atoms with van der Waals surface area (Å²) in [6, 6.07) is 10.3.